The molecule has 2 heterocycles. The Hall–Kier alpha value is -2.83. The van der Waals surface area contributed by atoms with E-state index >= 15 is 0 Å². The summed E-state index contributed by atoms with van der Waals surface area (Å²) < 4.78 is 10.5. The first-order valence-corrected chi connectivity index (χ1v) is 9.30. The van der Waals surface area contributed by atoms with Crippen LogP contribution in [0.3, 0.4) is 0 Å². The second-order valence-corrected chi connectivity index (χ2v) is 6.55. The van der Waals surface area contributed by atoms with Crippen molar-refractivity contribution in [2.45, 2.75) is 38.6 Å². The van der Waals surface area contributed by atoms with E-state index in [9.17, 15) is 4.79 Å². The summed E-state index contributed by atoms with van der Waals surface area (Å²) in [5, 5.41) is 11.2. The number of nitrogens with zero attached hydrogens (tertiary/aromatic N) is 3. The van der Waals surface area contributed by atoms with Crippen molar-refractivity contribution in [3.05, 3.63) is 36.0 Å². The van der Waals surface area contributed by atoms with Crippen LogP contribution >= 0.6 is 0 Å². The molecule has 7 nitrogen and oxygen atoms in total. The van der Waals surface area contributed by atoms with Gasteiger partial charge in [-0.05, 0) is 49.9 Å². The van der Waals surface area contributed by atoms with E-state index in [1.165, 1.54) is 19.3 Å². The number of hydrogen-bond acceptors (Lipinski definition) is 6. The number of piperidine rings is 1. The van der Waals surface area contributed by atoms with Gasteiger partial charge in [0.2, 0.25) is 0 Å². The van der Waals surface area contributed by atoms with E-state index in [2.05, 4.69) is 27.3 Å². The molecule has 1 aromatic heterocycles. The highest BCUT2D eigenvalue weighted by Gasteiger charge is 2.22. The Kier molecular flexibility index (Phi) is 6.11. The Morgan fingerprint density at radius 2 is 1.96 bits per heavy atom. The highest BCUT2D eigenvalue weighted by Crippen LogP contribution is 2.30. The summed E-state index contributed by atoms with van der Waals surface area (Å²) in [5.74, 6) is 1.68. The second kappa shape index (κ2) is 8.70. The zero-order valence-electron chi connectivity index (χ0n) is 16.1. The number of benzene rings is 1. The van der Waals surface area contributed by atoms with Crippen molar-refractivity contribution < 1.29 is 14.3 Å². The minimum Gasteiger partial charge on any atom is -0.493 e. The smallest absolute Gasteiger partial charge is 0.276 e. The highest BCUT2D eigenvalue weighted by atomic mass is 16.5. The van der Waals surface area contributed by atoms with Crippen LogP contribution < -0.4 is 19.7 Å². The molecule has 1 N–H and O–H groups in total. The zero-order chi connectivity index (χ0) is 19.2. The van der Waals surface area contributed by atoms with E-state index in [1.807, 2.05) is 6.07 Å². The lowest BCUT2D eigenvalue weighted by Gasteiger charge is -2.35. The molecule has 0 bridgehead atoms. The van der Waals surface area contributed by atoms with E-state index in [0.717, 1.165) is 18.8 Å². The van der Waals surface area contributed by atoms with Crippen molar-refractivity contribution in [1.29, 1.82) is 0 Å². The average Bonchev–Trinajstić information content (AvgIpc) is 2.73. The fraction of sp³-hybridized carbons (Fsp3) is 0.450. The lowest BCUT2D eigenvalue weighted by Crippen LogP contribution is -2.39. The third-order valence-corrected chi connectivity index (χ3v) is 4.92. The third-order valence-electron chi connectivity index (χ3n) is 4.92. The maximum Gasteiger partial charge on any atom is 0.276 e. The van der Waals surface area contributed by atoms with Crippen LogP contribution in [0.25, 0.3) is 0 Å². The van der Waals surface area contributed by atoms with Crippen molar-refractivity contribution in [2.75, 3.05) is 31.0 Å². The van der Waals surface area contributed by atoms with Crippen molar-refractivity contribution in [3.8, 4) is 11.5 Å². The predicted molar refractivity (Wildman–Crippen MR) is 105 cm³/mol. The molecule has 1 unspecified atom stereocenters. The Morgan fingerprint density at radius 1 is 1.15 bits per heavy atom. The summed E-state index contributed by atoms with van der Waals surface area (Å²) in [6.07, 6.45) is 4.69. The van der Waals surface area contributed by atoms with Crippen LogP contribution in [0.5, 0.6) is 11.5 Å². The number of ether oxygens (including phenoxy) is 2. The fourth-order valence-corrected chi connectivity index (χ4v) is 3.44. The van der Waals surface area contributed by atoms with Gasteiger partial charge in [-0.1, -0.05) is 6.92 Å². The molecule has 0 aliphatic carbocycles. The van der Waals surface area contributed by atoms with Gasteiger partial charge in [-0.15, -0.1) is 10.2 Å². The predicted octanol–water partition coefficient (Wildman–Crippen LogP) is 3.52. The number of amides is 1. The molecular formula is C20H26N4O3. The molecule has 2 aromatic rings. The first-order valence-electron chi connectivity index (χ1n) is 9.30. The number of aromatic nitrogens is 2. The van der Waals surface area contributed by atoms with Crippen LogP contribution in [0.2, 0.25) is 0 Å². The molecule has 1 atom stereocenters. The molecule has 1 aliphatic heterocycles. The summed E-state index contributed by atoms with van der Waals surface area (Å²) in [6.45, 7) is 3.19. The monoisotopic (exact) mass is 370 g/mol. The first-order chi connectivity index (χ1) is 13.2. The molecule has 1 aliphatic rings. The van der Waals surface area contributed by atoms with Crippen LogP contribution in [-0.2, 0) is 0 Å². The van der Waals surface area contributed by atoms with Crippen LogP contribution in [0.15, 0.2) is 30.3 Å². The number of carbonyl (C=O) groups is 1. The average molecular weight is 370 g/mol. The normalized spacial score (nSPS) is 16.7. The van der Waals surface area contributed by atoms with Crippen molar-refractivity contribution in [1.82, 2.24) is 10.2 Å². The number of hydrogen-bond donors (Lipinski definition) is 1. The molecule has 1 aromatic carbocycles. The number of carbonyl (C=O) groups excluding carboxylic acids is 1. The van der Waals surface area contributed by atoms with Gasteiger partial charge in [0.05, 0.1) is 14.2 Å². The van der Waals surface area contributed by atoms with Gasteiger partial charge in [0.25, 0.3) is 5.91 Å². The van der Waals surface area contributed by atoms with Crippen molar-refractivity contribution in [3.63, 3.8) is 0 Å². The zero-order valence-corrected chi connectivity index (χ0v) is 16.1. The summed E-state index contributed by atoms with van der Waals surface area (Å²) in [5.41, 5.74) is 0.879. The molecule has 1 amide bonds. The van der Waals surface area contributed by atoms with Gasteiger partial charge in [0.15, 0.2) is 23.0 Å². The van der Waals surface area contributed by atoms with Gasteiger partial charge in [0.1, 0.15) is 0 Å². The van der Waals surface area contributed by atoms with Crippen LogP contribution in [0, 0.1) is 0 Å². The second-order valence-electron chi connectivity index (χ2n) is 6.55. The van der Waals surface area contributed by atoms with Gasteiger partial charge in [-0.25, -0.2) is 0 Å². The minimum atomic E-state index is -0.313. The molecule has 0 saturated carbocycles. The molecule has 1 fully saturated rings. The summed E-state index contributed by atoms with van der Waals surface area (Å²) in [7, 11) is 3.12. The molecule has 7 heteroatoms. The lowest BCUT2D eigenvalue weighted by molar-refractivity contribution is 0.102. The van der Waals surface area contributed by atoms with Crippen LogP contribution in [-0.4, -0.2) is 42.9 Å². The number of nitrogens with one attached hydrogen (secondary N) is 1. The van der Waals surface area contributed by atoms with Crippen molar-refractivity contribution in [2.24, 2.45) is 0 Å². The molecule has 1 saturated heterocycles. The fourth-order valence-electron chi connectivity index (χ4n) is 3.44. The van der Waals surface area contributed by atoms with Gasteiger partial charge >= 0.3 is 0 Å². The third kappa shape index (κ3) is 4.30. The van der Waals surface area contributed by atoms with Gasteiger partial charge in [-0.3, -0.25) is 4.79 Å². The van der Waals surface area contributed by atoms with Crippen molar-refractivity contribution >= 4 is 17.4 Å². The quantitative estimate of drug-likeness (QED) is 0.838. The van der Waals surface area contributed by atoms with Crippen LogP contribution in [0.4, 0.5) is 11.5 Å². The number of anilines is 2. The van der Waals surface area contributed by atoms with E-state index in [1.54, 1.807) is 38.5 Å². The van der Waals surface area contributed by atoms with E-state index in [-0.39, 0.29) is 11.6 Å². The molecule has 144 valence electrons. The first kappa shape index (κ1) is 18.9. The standard InChI is InChI=1S/C20H26N4O3/c1-4-15-7-5-6-12-24(15)19-11-9-16(22-23-19)20(25)21-14-8-10-17(26-2)18(13-14)27-3/h8-11,13,15H,4-7,12H2,1-3H3,(H,21,25). The molecule has 27 heavy (non-hydrogen) atoms. The Labute approximate surface area is 159 Å². The van der Waals surface area contributed by atoms with Gasteiger partial charge in [-0.2, -0.15) is 0 Å². The van der Waals surface area contributed by atoms with Gasteiger partial charge < -0.3 is 19.7 Å². The molecule has 0 radical (unpaired) electrons. The summed E-state index contributed by atoms with van der Waals surface area (Å²) >= 11 is 0. The summed E-state index contributed by atoms with van der Waals surface area (Å²) in [4.78, 5) is 14.8. The molecule has 0 spiro atoms. The number of rotatable bonds is 6. The largest absolute Gasteiger partial charge is 0.493 e. The topological polar surface area (TPSA) is 76.6 Å². The Balaban J connectivity index is 1.70. The van der Waals surface area contributed by atoms with E-state index < -0.39 is 0 Å². The molecule has 3 rings (SSSR count). The van der Waals surface area contributed by atoms with Crippen LogP contribution in [0.1, 0.15) is 43.1 Å². The van der Waals surface area contributed by atoms with E-state index in [4.69, 9.17) is 9.47 Å². The van der Waals surface area contributed by atoms with E-state index in [0.29, 0.717) is 23.2 Å². The Bertz CT molecular complexity index is 779. The van der Waals surface area contributed by atoms with Gasteiger partial charge in [0, 0.05) is 24.3 Å². The lowest BCUT2D eigenvalue weighted by atomic mass is 10.0. The maximum absolute atomic E-state index is 12.5. The minimum absolute atomic E-state index is 0.276. The number of methoxy groups -OCH3 is 2. The SMILES string of the molecule is CCC1CCCCN1c1ccc(C(=O)Nc2ccc(OC)c(OC)c2)nn1. The maximum atomic E-state index is 12.5. The highest BCUT2D eigenvalue weighted by molar-refractivity contribution is 6.03. The summed E-state index contributed by atoms with van der Waals surface area (Å²) in [6, 6.07) is 9.30. The molecular weight excluding hydrogens is 344 g/mol. The Morgan fingerprint density at radius 3 is 2.63 bits per heavy atom.